The summed E-state index contributed by atoms with van der Waals surface area (Å²) < 4.78 is 12.7. The fourth-order valence-corrected chi connectivity index (χ4v) is 2.48. The van der Waals surface area contributed by atoms with Crippen LogP contribution in [-0.2, 0) is 6.54 Å². The molecule has 2 aromatic carbocycles. The van der Waals surface area contributed by atoms with E-state index in [4.69, 9.17) is 9.15 Å². The Morgan fingerprint density at radius 3 is 2.59 bits per heavy atom. The Hall–Kier alpha value is -3.87. The number of amides is 1. The van der Waals surface area contributed by atoms with E-state index in [9.17, 15) is 4.79 Å². The number of ether oxygens (including phenoxy) is 1. The van der Waals surface area contributed by atoms with Crippen LogP contribution in [0, 0.1) is 0 Å². The highest BCUT2D eigenvalue weighted by Gasteiger charge is 2.12. The number of furan rings is 1. The number of hydrogen-bond acceptors (Lipinski definition) is 5. The maximum Gasteiger partial charge on any atom is 0.290 e. The summed E-state index contributed by atoms with van der Waals surface area (Å²) in [7, 11) is 0. The molecule has 1 N–H and O–H groups in total. The molecule has 4 rings (SSSR count). The number of benzene rings is 2. The number of carbonyl (C=O) groups excluding carboxylic acids is 1. The molecule has 2 heterocycles. The van der Waals surface area contributed by atoms with Crippen molar-refractivity contribution in [3.63, 3.8) is 0 Å². The van der Waals surface area contributed by atoms with Crippen molar-refractivity contribution in [3.05, 3.63) is 90.7 Å². The van der Waals surface area contributed by atoms with Crippen molar-refractivity contribution in [1.29, 1.82) is 0 Å². The molecule has 7 heteroatoms. The van der Waals surface area contributed by atoms with Crippen molar-refractivity contribution in [3.8, 4) is 17.4 Å². The largest absolute Gasteiger partial charge is 0.426 e. The van der Waals surface area contributed by atoms with E-state index < -0.39 is 0 Å². The Labute approximate surface area is 155 Å². The molecule has 4 aromatic rings. The highest BCUT2D eigenvalue weighted by Crippen LogP contribution is 2.23. The number of para-hydroxylation sites is 1. The zero-order valence-electron chi connectivity index (χ0n) is 14.3. The second kappa shape index (κ2) is 7.57. The lowest BCUT2D eigenvalue weighted by atomic mass is 10.2. The lowest BCUT2D eigenvalue weighted by Gasteiger charge is -2.05. The number of nitrogens with one attached hydrogen (secondary N) is 1. The molecule has 0 saturated heterocycles. The molecule has 0 fully saturated rings. The third-order valence-corrected chi connectivity index (χ3v) is 3.84. The molecular formula is C20H16N4O3. The SMILES string of the molecule is O=C(NCc1ccc(-n2cncn2)cc1)c1ccc(Oc2ccccc2)o1. The summed E-state index contributed by atoms with van der Waals surface area (Å²) in [5.41, 5.74) is 1.86. The maximum absolute atomic E-state index is 12.3. The first kappa shape index (κ1) is 16.6. The minimum Gasteiger partial charge on any atom is -0.426 e. The normalized spacial score (nSPS) is 10.5. The first-order valence-electron chi connectivity index (χ1n) is 8.33. The molecule has 0 bridgehead atoms. The molecule has 0 radical (unpaired) electrons. The van der Waals surface area contributed by atoms with Gasteiger partial charge in [0, 0.05) is 12.6 Å². The minimum atomic E-state index is -0.307. The van der Waals surface area contributed by atoms with E-state index in [1.165, 1.54) is 6.33 Å². The van der Waals surface area contributed by atoms with Gasteiger partial charge < -0.3 is 14.5 Å². The molecule has 27 heavy (non-hydrogen) atoms. The summed E-state index contributed by atoms with van der Waals surface area (Å²) in [5, 5.41) is 6.90. The van der Waals surface area contributed by atoms with Crippen LogP contribution in [0.15, 0.2) is 83.8 Å². The Balaban J connectivity index is 1.34. The van der Waals surface area contributed by atoms with Gasteiger partial charge >= 0.3 is 0 Å². The summed E-state index contributed by atoms with van der Waals surface area (Å²) in [6.45, 7) is 0.381. The molecule has 0 unspecified atom stereocenters. The van der Waals surface area contributed by atoms with Gasteiger partial charge in [-0.05, 0) is 35.9 Å². The van der Waals surface area contributed by atoms with E-state index in [-0.39, 0.29) is 17.6 Å². The predicted molar refractivity (Wildman–Crippen MR) is 97.8 cm³/mol. The predicted octanol–water partition coefficient (Wildman–Crippen LogP) is 3.58. The molecular weight excluding hydrogens is 344 g/mol. The van der Waals surface area contributed by atoms with Crippen molar-refractivity contribution in [1.82, 2.24) is 20.1 Å². The van der Waals surface area contributed by atoms with Crippen LogP contribution in [0.1, 0.15) is 16.1 Å². The van der Waals surface area contributed by atoms with Gasteiger partial charge in [-0.1, -0.05) is 30.3 Å². The third-order valence-electron chi connectivity index (χ3n) is 3.84. The Morgan fingerprint density at radius 1 is 1.04 bits per heavy atom. The van der Waals surface area contributed by atoms with Gasteiger partial charge in [0.05, 0.1) is 5.69 Å². The monoisotopic (exact) mass is 360 g/mol. The Morgan fingerprint density at radius 2 is 1.85 bits per heavy atom. The Kier molecular flexibility index (Phi) is 4.65. The van der Waals surface area contributed by atoms with Crippen molar-refractivity contribution in [2.24, 2.45) is 0 Å². The topological polar surface area (TPSA) is 82.2 Å². The van der Waals surface area contributed by atoms with Gasteiger partial charge in [0.2, 0.25) is 0 Å². The van der Waals surface area contributed by atoms with Gasteiger partial charge in [0.1, 0.15) is 18.4 Å². The smallest absolute Gasteiger partial charge is 0.290 e. The van der Waals surface area contributed by atoms with Crippen LogP contribution in [0.3, 0.4) is 0 Å². The summed E-state index contributed by atoms with van der Waals surface area (Å²) in [4.78, 5) is 16.2. The van der Waals surface area contributed by atoms with Gasteiger partial charge in [-0.15, -0.1) is 0 Å². The Bertz CT molecular complexity index is 1010. The van der Waals surface area contributed by atoms with Gasteiger partial charge in [0.15, 0.2) is 5.76 Å². The second-order valence-corrected chi connectivity index (χ2v) is 5.72. The molecule has 0 aliphatic carbocycles. The fraction of sp³-hybridized carbons (Fsp3) is 0.0500. The highest BCUT2D eigenvalue weighted by atomic mass is 16.6. The first-order chi connectivity index (χ1) is 13.3. The standard InChI is InChI=1S/C20H16N4O3/c25-20(18-10-11-19(27-18)26-17-4-2-1-3-5-17)22-12-15-6-8-16(9-7-15)24-14-21-13-23-24/h1-11,13-14H,12H2,(H,22,25). The van der Waals surface area contributed by atoms with E-state index in [0.717, 1.165) is 11.3 Å². The summed E-state index contributed by atoms with van der Waals surface area (Å²) in [6.07, 6.45) is 3.11. The van der Waals surface area contributed by atoms with Gasteiger partial charge in [0.25, 0.3) is 11.9 Å². The van der Waals surface area contributed by atoms with Crippen LogP contribution in [-0.4, -0.2) is 20.7 Å². The molecule has 0 aliphatic heterocycles. The molecule has 0 aliphatic rings. The van der Waals surface area contributed by atoms with Crippen LogP contribution in [0.4, 0.5) is 0 Å². The maximum atomic E-state index is 12.3. The zero-order chi connectivity index (χ0) is 18.5. The van der Waals surface area contributed by atoms with Gasteiger partial charge in [-0.25, -0.2) is 9.67 Å². The molecule has 0 atom stereocenters. The van der Waals surface area contributed by atoms with Crippen LogP contribution in [0.2, 0.25) is 0 Å². The number of hydrogen-bond donors (Lipinski definition) is 1. The van der Waals surface area contributed by atoms with Gasteiger partial charge in [-0.3, -0.25) is 4.79 Å². The average Bonchev–Trinajstić information content (AvgIpc) is 3.40. The zero-order valence-corrected chi connectivity index (χ0v) is 14.3. The lowest BCUT2D eigenvalue weighted by molar-refractivity contribution is 0.0918. The van der Waals surface area contributed by atoms with Gasteiger partial charge in [-0.2, -0.15) is 5.10 Å². The van der Waals surface area contributed by atoms with Crippen molar-refractivity contribution >= 4 is 5.91 Å². The summed E-state index contributed by atoms with van der Waals surface area (Å²) in [5.74, 6) is 0.799. The number of aromatic nitrogens is 3. The molecule has 2 aromatic heterocycles. The quantitative estimate of drug-likeness (QED) is 0.568. The molecule has 0 spiro atoms. The average molecular weight is 360 g/mol. The molecule has 0 saturated carbocycles. The highest BCUT2D eigenvalue weighted by molar-refractivity contribution is 5.91. The fourth-order valence-electron chi connectivity index (χ4n) is 2.48. The lowest BCUT2D eigenvalue weighted by Crippen LogP contribution is -2.22. The molecule has 134 valence electrons. The van der Waals surface area contributed by atoms with E-state index in [1.54, 1.807) is 23.1 Å². The number of carbonyl (C=O) groups is 1. The number of nitrogens with zero attached hydrogens (tertiary/aromatic N) is 3. The first-order valence-corrected chi connectivity index (χ1v) is 8.33. The third kappa shape index (κ3) is 4.04. The molecule has 7 nitrogen and oxygen atoms in total. The van der Waals surface area contributed by atoms with Crippen LogP contribution >= 0.6 is 0 Å². The van der Waals surface area contributed by atoms with E-state index in [2.05, 4.69) is 15.4 Å². The summed E-state index contributed by atoms with van der Waals surface area (Å²) in [6, 6.07) is 20.1. The second-order valence-electron chi connectivity index (χ2n) is 5.72. The van der Waals surface area contributed by atoms with Crippen molar-refractivity contribution in [2.75, 3.05) is 0 Å². The van der Waals surface area contributed by atoms with Crippen molar-refractivity contribution in [2.45, 2.75) is 6.54 Å². The van der Waals surface area contributed by atoms with Crippen LogP contribution < -0.4 is 10.1 Å². The van der Waals surface area contributed by atoms with E-state index in [0.29, 0.717) is 12.3 Å². The van der Waals surface area contributed by atoms with Crippen LogP contribution in [0.5, 0.6) is 11.7 Å². The molecule has 1 amide bonds. The van der Waals surface area contributed by atoms with Crippen molar-refractivity contribution < 1.29 is 13.9 Å². The van der Waals surface area contributed by atoms with E-state index in [1.807, 2.05) is 54.6 Å². The minimum absolute atomic E-state index is 0.195. The van der Waals surface area contributed by atoms with Crippen LogP contribution in [0.25, 0.3) is 5.69 Å². The van der Waals surface area contributed by atoms with E-state index >= 15 is 0 Å². The number of rotatable bonds is 6. The summed E-state index contributed by atoms with van der Waals surface area (Å²) >= 11 is 0.